The van der Waals surface area contributed by atoms with E-state index < -0.39 is 0 Å². The highest BCUT2D eigenvalue weighted by molar-refractivity contribution is 7.99. The Kier molecular flexibility index (Phi) is 4.81. The standard InChI is InChI=1S/C14H17NO2S/c16-9-13-10-18-11-15(13)14(17)8-4-7-12-5-2-1-3-6-12/h1-3,5-6,9,13H,4,7-8,10-11H2/t13-/m1/s1. The number of amides is 1. The molecule has 0 unspecified atom stereocenters. The molecule has 3 nitrogen and oxygen atoms in total. The number of rotatable bonds is 5. The number of thioether (sulfide) groups is 1. The molecular weight excluding hydrogens is 246 g/mol. The van der Waals surface area contributed by atoms with Crippen molar-refractivity contribution in [2.75, 3.05) is 11.6 Å². The van der Waals surface area contributed by atoms with E-state index in [1.54, 1.807) is 16.7 Å². The zero-order chi connectivity index (χ0) is 12.8. The maximum absolute atomic E-state index is 12.0. The highest BCUT2D eigenvalue weighted by Gasteiger charge is 2.27. The van der Waals surface area contributed by atoms with Gasteiger partial charge >= 0.3 is 0 Å². The Hall–Kier alpha value is -1.29. The minimum absolute atomic E-state index is 0.105. The third-order valence-corrected chi connectivity index (χ3v) is 4.13. The summed E-state index contributed by atoms with van der Waals surface area (Å²) in [6.07, 6.45) is 3.17. The monoisotopic (exact) mass is 263 g/mol. The fourth-order valence-corrected chi connectivity index (χ4v) is 3.20. The molecule has 0 spiro atoms. The molecule has 0 bridgehead atoms. The quantitative estimate of drug-likeness (QED) is 0.764. The molecule has 0 radical (unpaired) electrons. The molecule has 1 amide bonds. The molecule has 4 heteroatoms. The van der Waals surface area contributed by atoms with Gasteiger partial charge in [0.15, 0.2) is 0 Å². The van der Waals surface area contributed by atoms with Gasteiger partial charge < -0.3 is 9.69 Å². The number of hydrogen-bond donors (Lipinski definition) is 0. The summed E-state index contributed by atoms with van der Waals surface area (Å²) in [5.41, 5.74) is 1.26. The van der Waals surface area contributed by atoms with E-state index in [0.29, 0.717) is 12.3 Å². The van der Waals surface area contributed by atoms with E-state index in [2.05, 4.69) is 12.1 Å². The van der Waals surface area contributed by atoms with Crippen LogP contribution in [0.5, 0.6) is 0 Å². The smallest absolute Gasteiger partial charge is 0.223 e. The third kappa shape index (κ3) is 3.35. The maximum atomic E-state index is 12.0. The van der Waals surface area contributed by atoms with E-state index in [1.807, 2.05) is 18.2 Å². The van der Waals surface area contributed by atoms with Gasteiger partial charge in [0, 0.05) is 12.2 Å². The second-order valence-corrected chi connectivity index (χ2v) is 5.41. The Balaban J connectivity index is 1.76. The third-order valence-electron chi connectivity index (χ3n) is 3.10. The molecule has 1 fully saturated rings. The largest absolute Gasteiger partial charge is 0.323 e. The van der Waals surface area contributed by atoms with Gasteiger partial charge in [-0.25, -0.2) is 0 Å². The summed E-state index contributed by atoms with van der Waals surface area (Å²) < 4.78 is 0. The Morgan fingerprint density at radius 1 is 1.39 bits per heavy atom. The molecule has 1 aliphatic heterocycles. The molecule has 1 saturated heterocycles. The number of carbonyl (C=O) groups is 2. The van der Waals surface area contributed by atoms with E-state index in [-0.39, 0.29) is 11.9 Å². The Bertz CT molecular complexity index is 408. The first-order valence-corrected chi connectivity index (χ1v) is 7.33. The highest BCUT2D eigenvalue weighted by atomic mass is 32.2. The van der Waals surface area contributed by atoms with Crippen LogP contribution >= 0.6 is 11.8 Å². The van der Waals surface area contributed by atoms with Crippen LogP contribution in [-0.2, 0) is 16.0 Å². The van der Waals surface area contributed by atoms with Crippen LogP contribution in [0.4, 0.5) is 0 Å². The lowest BCUT2D eigenvalue weighted by atomic mass is 10.1. The minimum Gasteiger partial charge on any atom is -0.323 e. The lowest BCUT2D eigenvalue weighted by molar-refractivity contribution is -0.134. The predicted molar refractivity (Wildman–Crippen MR) is 73.4 cm³/mol. The Labute approximate surface area is 112 Å². The molecule has 1 aromatic carbocycles. The van der Waals surface area contributed by atoms with Crippen LogP contribution < -0.4 is 0 Å². The van der Waals surface area contributed by atoms with Crippen molar-refractivity contribution >= 4 is 24.0 Å². The van der Waals surface area contributed by atoms with E-state index in [0.717, 1.165) is 24.9 Å². The lowest BCUT2D eigenvalue weighted by Crippen LogP contribution is -2.37. The predicted octanol–water partition coefficient (Wildman–Crippen LogP) is 2.11. The fraction of sp³-hybridized carbons (Fsp3) is 0.429. The molecule has 96 valence electrons. The van der Waals surface area contributed by atoms with Crippen molar-refractivity contribution in [3.63, 3.8) is 0 Å². The number of aryl methyl sites for hydroxylation is 1. The molecule has 1 heterocycles. The Morgan fingerprint density at radius 3 is 2.89 bits per heavy atom. The van der Waals surface area contributed by atoms with Gasteiger partial charge in [0.1, 0.15) is 6.29 Å². The molecule has 1 aliphatic rings. The second-order valence-electron chi connectivity index (χ2n) is 4.41. The van der Waals surface area contributed by atoms with Crippen molar-refractivity contribution in [3.8, 4) is 0 Å². The summed E-state index contributed by atoms with van der Waals surface area (Å²) >= 11 is 1.65. The zero-order valence-corrected chi connectivity index (χ0v) is 11.1. The Morgan fingerprint density at radius 2 is 2.17 bits per heavy atom. The average molecular weight is 263 g/mol. The number of hydrogen-bond acceptors (Lipinski definition) is 3. The van der Waals surface area contributed by atoms with Crippen molar-refractivity contribution in [2.24, 2.45) is 0 Å². The highest BCUT2D eigenvalue weighted by Crippen LogP contribution is 2.20. The number of carbonyl (C=O) groups excluding carboxylic acids is 2. The van der Waals surface area contributed by atoms with Crippen LogP contribution in [0.25, 0.3) is 0 Å². The summed E-state index contributed by atoms with van der Waals surface area (Å²) in [5.74, 6) is 1.51. The summed E-state index contributed by atoms with van der Waals surface area (Å²) in [6.45, 7) is 0. The second kappa shape index (κ2) is 6.59. The molecule has 2 rings (SSSR count). The normalized spacial score (nSPS) is 18.9. The van der Waals surface area contributed by atoms with Gasteiger partial charge in [-0.05, 0) is 18.4 Å². The van der Waals surface area contributed by atoms with Gasteiger partial charge in [-0.2, -0.15) is 0 Å². The van der Waals surface area contributed by atoms with E-state index in [1.165, 1.54) is 5.56 Å². The van der Waals surface area contributed by atoms with Crippen molar-refractivity contribution in [1.82, 2.24) is 4.90 Å². The molecule has 0 saturated carbocycles. The molecule has 18 heavy (non-hydrogen) atoms. The van der Waals surface area contributed by atoms with Gasteiger partial charge in [-0.15, -0.1) is 11.8 Å². The van der Waals surface area contributed by atoms with Gasteiger partial charge in [0.05, 0.1) is 11.9 Å². The fourth-order valence-electron chi connectivity index (χ4n) is 2.06. The van der Waals surface area contributed by atoms with Crippen LogP contribution in [0.2, 0.25) is 0 Å². The maximum Gasteiger partial charge on any atom is 0.223 e. The zero-order valence-electron chi connectivity index (χ0n) is 10.2. The van der Waals surface area contributed by atoms with Crippen LogP contribution in [0.1, 0.15) is 18.4 Å². The van der Waals surface area contributed by atoms with Crippen molar-refractivity contribution in [1.29, 1.82) is 0 Å². The number of benzene rings is 1. The summed E-state index contributed by atoms with van der Waals surface area (Å²) in [7, 11) is 0. The minimum atomic E-state index is -0.209. The average Bonchev–Trinajstić information content (AvgIpc) is 2.88. The molecule has 0 N–H and O–H groups in total. The molecular formula is C14H17NO2S. The van der Waals surface area contributed by atoms with E-state index >= 15 is 0 Å². The van der Waals surface area contributed by atoms with Crippen LogP contribution in [0.3, 0.4) is 0 Å². The summed E-state index contributed by atoms with van der Waals surface area (Å²) in [5, 5.41) is 0. The van der Waals surface area contributed by atoms with Gasteiger partial charge in [0.2, 0.25) is 5.91 Å². The topological polar surface area (TPSA) is 37.4 Å². The van der Waals surface area contributed by atoms with E-state index in [4.69, 9.17) is 0 Å². The summed E-state index contributed by atoms with van der Waals surface area (Å²) in [4.78, 5) is 24.5. The molecule has 0 aliphatic carbocycles. The SMILES string of the molecule is O=C[C@@H]1CSCN1C(=O)CCCc1ccccc1. The summed E-state index contributed by atoms with van der Waals surface area (Å²) in [6, 6.07) is 9.95. The lowest BCUT2D eigenvalue weighted by Gasteiger charge is -2.19. The van der Waals surface area contributed by atoms with Crippen LogP contribution in [0, 0.1) is 0 Å². The molecule has 0 aromatic heterocycles. The van der Waals surface area contributed by atoms with Crippen molar-refractivity contribution in [2.45, 2.75) is 25.3 Å². The van der Waals surface area contributed by atoms with Crippen LogP contribution in [0.15, 0.2) is 30.3 Å². The van der Waals surface area contributed by atoms with E-state index in [9.17, 15) is 9.59 Å². The van der Waals surface area contributed by atoms with Crippen molar-refractivity contribution < 1.29 is 9.59 Å². The van der Waals surface area contributed by atoms with Gasteiger partial charge in [0.25, 0.3) is 0 Å². The molecule has 1 aromatic rings. The first kappa shape index (κ1) is 13.1. The van der Waals surface area contributed by atoms with Gasteiger partial charge in [-0.3, -0.25) is 4.79 Å². The van der Waals surface area contributed by atoms with Crippen molar-refractivity contribution in [3.05, 3.63) is 35.9 Å². The van der Waals surface area contributed by atoms with Gasteiger partial charge in [-0.1, -0.05) is 30.3 Å². The first-order valence-electron chi connectivity index (χ1n) is 6.17. The molecule has 1 atom stereocenters. The number of nitrogens with zero attached hydrogens (tertiary/aromatic N) is 1. The first-order chi connectivity index (χ1) is 8.81. The van der Waals surface area contributed by atoms with Crippen LogP contribution in [-0.4, -0.2) is 34.8 Å². The number of aldehydes is 1.